The number of nitrogens with zero attached hydrogens (tertiary/aromatic N) is 1. The summed E-state index contributed by atoms with van der Waals surface area (Å²) in [6.07, 6.45) is -4.73. The fourth-order valence-electron chi connectivity index (χ4n) is 1.47. The zero-order valence-electron chi connectivity index (χ0n) is 9.89. The molecule has 0 fully saturated rings. The molecular weight excluding hydrogens is 287 g/mol. The van der Waals surface area contributed by atoms with Gasteiger partial charge in [0.2, 0.25) is 0 Å². The van der Waals surface area contributed by atoms with Crippen LogP contribution in [0.4, 0.5) is 18.9 Å². The second-order valence-electron chi connectivity index (χ2n) is 4.30. The van der Waals surface area contributed by atoms with Gasteiger partial charge in [-0.05, 0) is 26.0 Å². The van der Waals surface area contributed by atoms with E-state index in [-0.39, 0.29) is 5.56 Å². The van der Waals surface area contributed by atoms with Crippen molar-refractivity contribution in [3.05, 3.63) is 39.4 Å². The SMILES string of the molecule is CC(C)(c1ccc(C(F)(F)F)cc1[N+](=O)[O-])[SH](=O)=O. The van der Waals surface area contributed by atoms with Crippen LogP contribution in [0.3, 0.4) is 0 Å². The Balaban J connectivity index is 3.57. The Morgan fingerprint density at radius 3 is 2.11 bits per heavy atom. The molecule has 0 amide bonds. The zero-order valence-corrected chi connectivity index (χ0v) is 10.8. The molecule has 1 aromatic rings. The first-order valence-corrected chi connectivity index (χ1v) is 6.16. The van der Waals surface area contributed by atoms with Gasteiger partial charge in [0.15, 0.2) is 0 Å². The molecule has 0 spiro atoms. The second-order valence-corrected chi connectivity index (χ2v) is 5.94. The summed E-state index contributed by atoms with van der Waals surface area (Å²) in [4.78, 5) is 9.79. The summed E-state index contributed by atoms with van der Waals surface area (Å²) in [5, 5.41) is 10.8. The molecule has 0 N–H and O–H groups in total. The molecule has 1 aromatic carbocycles. The predicted molar refractivity (Wildman–Crippen MR) is 61.4 cm³/mol. The second kappa shape index (κ2) is 4.80. The van der Waals surface area contributed by atoms with Crippen LogP contribution in [0.2, 0.25) is 0 Å². The molecule has 0 bridgehead atoms. The molecule has 0 aliphatic heterocycles. The van der Waals surface area contributed by atoms with Gasteiger partial charge in [0.05, 0.1) is 20.8 Å². The Morgan fingerprint density at radius 2 is 1.74 bits per heavy atom. The quantitative estimate of drug-likeness (QED) is 0.528. The van der Waals surface area contributed by atoms with Gasteiger partial charge in [0.25, 0.3) is 5.69 Å². The van der Waals surface area contributed by atoms with Crippen LogP contribution in [0, 0.1) is 10.1 Å². The fraction of sp³-hybridized carbons (Fsp3) is 0.400. The molecule has 106 valence electrons. The van der Waals surface area contributed by atoms with Crippen molar-refractivity contribution in [1.29, 1.82) is 0 Å². The maximum Gasteiger partial charge on any atom is 0.416 e. The van der Waals surface area contributed by atoms with E-state index in [0.29, 0.717) is 12.1 Å². The fourth-order valence-corrected chi connectivity index (χ4v) is 1.86. The Labute approximate surface area is 108 Å². The lowest BCUT2D eigenvalue weighted by atomic mass is 9.98. The van der Waals surface area contributed by atoms with Crippen molar-refractivity contribution >= 4 is 16.4 Å². The average molecular weight is 297 g/mol. The van der Waals surface area contributed by atoms with E-state index in [0.717, 1.165) is 6.07 Å². The van der Waals surface area contributed by atoms with Crippen LogP contribution in [0.25, 0.3) is 0 Å². The lowest BCUT2D eigenvalue weighted by Crippen LogP contribution is -2.21. The van der Waals surface area contributed by atoms with Gasteiger partial charge in [-0.2, -0.15) is 13.2 Å². The minimum atomic E-state index is -4.73. The number of nitro benzene ring substituents is 1. The van der Waals surface area contributed by atoms with Crippen molar-refractivity contribution in [3.63, 3.8) is 0 Å². The smallest absolute Gasteiger partial charge is 0.258 e. The maximum atomic E-state index is 12.5. The van der Waals surface area contributed by atoms with Crippen molar-refractivity contribution in [2.75, 3.05) is 0 Å². The van der Waals surface area contributed by atoms with Crippen LogP contribution >= 0.6 is 0 Å². The summed E-state index contributed by atoms with van der Waals surface area (Å²) in [5.74, 6) is 0. The molecule has 19 heavy (non-hydrogen) atoms. The molecule has 5 nitrogen and oxygen atoms in total. The van der Waals surface area contributed by atoms with Gasteiger partial charge >= 0.3 is 6.18 Å². The van der Waals surface area contributed by atoms with E-state index in [1.54, 1.807) is 0 Å². The first kappa shape index (κ1) is 15.4. The minimum absolute atomic E-state index is 0.276. The van der Waals surface area contributed by atoms with Crippen LogP contribution in [0.5, 0.6) is 0 Å². The van der Waals surface area contributed by atoms with Crippen molar-refractivity contribution < 1.29 is 26.5 Å². The van der Waals surface area contributed by atoms with E-state index >= 15 is 0 Å². The normalized spacial score (nSPS) is 12.7. The largest absolute Gasteiger partial charge is 0.416 e. The average Bonchev–Trinajstić information content (AvgIpc) is 2.26. The molecule has 0 aliphatic rings. The summed E-state index contributed by atoms with van der Waals surface area (Å²) in [7, 11) is -3.08. The third kappa shape index (κ3) is 3.03. The van der Waals surface area contributed by atoms with Crippen molar-refractivity contribution in [2.45, 2.75) is 24.8 Å². The summed E-state index contributed by atoms with van der Waals surface area (Å²) in [6, 6.07) is 1.80. The van der Waals surface area contributed by atoms with E-state index in [1.807, 2.05) is 0 Å². The molecule has 0 aliphatic carbocycles. The van der Waals surface area contributed by atoms with Gasteiger partial charge in [0, 0.05) is 6.07 Å². The van der Waals surface area contributed by atoms with Gasteiger partial charge in [-0.3, -0.25) is 10.1 Å². The van der Waals surface area contributed by atoms with Crippen molar-refractivity contribution in [2.24, 2.45) is 0 Å². The third-order valence-electron chi connectivity index (χ3n) is 2.64. The summed E-state index contributed by atoms with van der Waals surface area (Å²) in [5.41, 5.74) is -2.33. The molecule has 0 unspecified atom stereocenters. The molecule has 9 heteroatoms. The highest BCUT2D eigenvalue weighted by atomic mass is 32.2. The molecular formula is C10H10F3NO4S. The van der Waals surface area contributed by atoms with E-state index in [4.69, 9.17) is 0 Å². The zero-order chi connectivity index (χ0) is 15.0. The molecule has 0 saturated carbocycles. The first-order chi connectivity index (χ1) is 8.48. The Bertz CT molecular complexity index is 585. The number of alkyl halides is 3. The van der Waals surface area contributed by atoms with Crippen LogP contribution in [0.15, 0.2) is 18.2 Å². The van der Waals surface area contributed by atoms with Crippen LogP contribution in [-0.2, 0) is 21.6 Å². The lowest BCUT2D eigenvalue weighted by Gasteiger charge is -2.18. The summed E-state index contributed by atoms with van der Waals surface area (Å²) < 4.78 is 57.9. The number of benzene rings is 1. The standard InChI is InChI=1S/C10H10F3NO4S/c1-9(2,19(17)18)7-4-3-6(10(11,12)13)5-8(7)14(15)16/h3-5,19H,1-2H3. The Kier molecular flexibility index (Phi) is 3.89. The van der Waals surface area contributed by atoms with E-state index < -0.39 is 37.8 Å². The maximum absolute atomic E-state index is 12.5. The molecule has 0 radical (unpaired) electrons. The highest BCUT2D eigenvalue weighted by Gasteiger charge is 2.37. The monoisotopic (exact) mass is 297 g/mol. The van der Waals surface area contributed by atoms with Crippen LogP contribution < -0.4 is 0 Å². The van der Waals surface area contributed by atoms with Crippen molar-refractivity contribution in [3.8, 4) is 0 Å². The molecule has 0 aromatic heterocycles. The van der Waals surface area contributed by atoms with Crippen molar-refractivity contribution in [1.82, 2.24) is 0 Å². The summed E-state index contributed by atoms with van der Waals surface area (Å²) >= 11 is 0. The number of hydrogen-bond acceptors (Lipinski definition) is 4. The van der Waals surface area contributed by atoms with Gasteiger partial charge in [-0.25, -0.2) is 8.42 Å². The number of rotatable bonds is 3. The number of hydrogen-bond donors (Lipinski definition) is 1. The Morgan fingerprint density at radius 1 is 1.21 bits per heavy atom. The highest BCUT2D eigenvalue weighted by Crippen LogP contribution is 2.37. The van der Waals surface area contributed by atoms with E-state index in [2.05, 4.69) is 0 Å². The number of thiol groups is 1. The predicted octanol–water partition coefficient (Wildman–Crippen LogP) is 2.46. The lowest BCUT2D eigenvalue weighted by molar-refractivity contribution is -0.386. The number of halogens is 3. The molecule has 0 atom stereocenters. The van der Waals surface area contributed by atoms with Gasteiger partial charge in [0.1, 0.15) is 10.7 Å². The van der Waals surface area contributed by atoms with Crippen LogP contribution in [0.1, 0.15) is 25.0 Å². The van der Waals surface area contributed by atoms with Gasteiger partial charge in [-0.1, -0.05) is 0 Å². The molecule has 0 heterocycles. The third-order valence-corrected chi connectivity index (χ3v) is 3.79. The minimum Gasteiger partial charge on any atom is -0.258 e. The van der Waals surface area contributed by atoms with Crippen LogP contribution in [-0.4, -0.2) is 13.3 Å². The summed E-state index contributed by atoms with van der Waals surface area (Å²) in [6.45, 7) is 2.38. The van der Waals surface area contributed by atoms with E-state index in [1.165, 1.54) is 13.8 Å². The highest BCUT2D eigenvalue weighted by molar-refractivity contribution is 7.73. The Hall–Kier alpha value is -1.64. The van der Waals surface area contributed by atoms with E-state index in [9.17, 15) is 31.7 Å². The topological polar surface area (TPSA) is 77.3 Å². The van der Waals surface area contributed by atoms with Gasteiger partial charge in [-0.15, -0.1) is 0 Å². The number of nitro groups is 1. The van der Waals surface area contributed by atoms with Gasteiger partial charge < -0.3 is 0 Å². The molecule has 0 saturated heterocycles. The first-order valence-electron chi connectivity index (χ1n) is 4.98. The molecule has 1 rings (SSSR count).